The van der Waals surface area contributed by atoms with Crippen LogP contribution in [-0.2, 0) is 4.79 Å². The number of hydrogen-bond donors (Lipinski definition) is 1. The fourth-order valence-electron chi connectivity index (χ4n) is 1.71. The van der Waals surface area contributed by atoms with E-state index in [4.69, 9.17) is 23.2 Å². The molecule has 19 heavy (non-hydrogen) atoms. The van der Waals surface area contributed by atoms with Gasteiger partial charge in [-0.3, -0.25) is 9.69 Å². The summed E-state index contributed by atoms with van der Waals surface area (Å²) in [5.41, 5.74) is 0.600. The van der Waals surface area contributed by atoms with E-state index in [0.717, 1.165) is 25.9 Å². The Balaban J connectivity index is 2.54. The van der Waals surface area contributed by atoms with Crippen molar-refractivity contribution < 1.29 is 4.79 Å². The number of halogens is 2. The average Bonchev–Trinajstić information content (AvgIpc) is 2.38. The Morgan fingerprint density at radius 2 is 2.05 bits per heavy atom. The van der Waals surface area contributed by atoms with Gasteiger partial charge in [-0.15, -0.1) is 0 Å². The molecule has 1 aromatic carbocycles. The highest BCUT2D eigenvalue weighted by atomic mass is 35.5. The lowest BCUT2D eigenvalue weighted by atomic mass is 10.3. The van der Waals surface area contributed by atoms with Crippen LogP contribution in [0.1, 0.15) is 26.7 Å². The van der Waals surface area contributed by atoms with Crippen LogP contribution in [0.5, 0.6) is 0 Å². The molecule has 0 saturated carbocycles. The van der Waals surface area contributed by atoms with E-state index in [1.807, 2.05) is 0 Å². The summed E-state index contributed by atoms with van der Waals surface area (Å²) in [5, 5.41) is 3.82. The Kier molecular flexibility index (Phi) is 7.21. The molecule has 5 heteroatoms. The number of unbranched alkanes of at least 4 members (excludes halogenated alkanes) is 1. The molecular formula is C14H20Cl2N2O. The van der Waals surface area contributed by atoms with Gasteiger partial charge in [0.25, 0.3) is 0 Å². The van der Waals surface area contributed by atoms with Gasteiger partial charge in [0.1, 0.15) is 0 Å². The predicted molar refractivity (Wildman–Crippen MR) is 82.1 cm³/mol. The van der Waals surface area contributed by atoms with Gasteiger partial charge < -0.3 is 5.32 Å². The molecule has 0 heterocycles. The summed E-state index contributed by atoms with van der Waals surface area (Å²) in [6.07, 6.45) is 2.23. The lowest BCUT2D eigenvalue weighted by molar-refractivity contribution is -0.117. The summed E-state index contributed by atoms with van der Waals surface area (Å²) in [4.78, 5) is 14.1. The molecular weight excluding hydrogens is 283 g/mol. The molecule has 0 aliphatic carbocycles. The van der Waals surface area contributed by atoms with Crippen LogP contribution in [0.3, 0.4) is 0 Å². The van der Waals surface area contributed by atoms with Gasteiger partial charge in [0.05, 0.1) is 17.3 Å². The van der Waals surface area contributed by atoms with E-state index in [9.17, 15) is 4.79 Å². The van der Waals surface area contributed by atoms with Gasteiger partial charge in [0, 0.05) is 5.02 Å². The summed E-state index contributed by atoms with van der Waals surface area (Å²) in [6, 6.07) is 5.04. The quantitative estimate of drug-likeness (QED) is 0.824. The molecule has 0 spiro atoms. The van der Waals surface area contributed by atoms with Crippen molar-refractivity contribution in [3.05, 3.63) is 28.2 Å². The van der Waals surface area contributed by atoms with Crippen LogP contribution in [0, 0.1) is 0 Å². The third-order valence-corrected chi connectivity index (χ3v) is 3.40. The standard InChI is InChI=1S/C14H20Cl2N2O/c1-3-5-8-18(4-2)10-14(19)17-13-7-6-11(15)9-12(13)16/h6-7,9H,3-5,8,10H2,1-2H3,(H,17,19). The van der Waals surface area contributed by atoms with Crippen molar-refractivity contribution >= 4 is 34.8 Å². The van der Waals surface area contributed by atoms with Crippen LogP contribution >= 0.6 is 23.2 Å². The zero-order chi connectivity index (χ0) is 14.3. The van der Waals surface area contributed by atoms with E-state index in [-0.39, 0.29) is 5.91 Å². The molecule has 1 N–H and O–H groups in total. The first-order valence-electron chi connectivity index (χ1n) is 6.54. The smallest absolute Gasteiger partial charge is 0.238 e. The van der Waals surface area contributed by atoms with Crippen molar-refractivity contribution in [3.63, 3.8) is 0 Å². The molecule has 0 atom stereocenters. The first-order valence-corrected chi connectivity index (χ1v) is 7.29. The SMILES string of the molecule is CCCCN(CC)CC(=O)Nc1ccc(Cl)cc1Cl. The van der Waals surface area contributed by atoms with Gasteiger partial charge in [-0.05, 0) is 37.7 Å². The highest BCUT2D eigenvalue weighted by Gasteiger charge is 2.10. The molecule has 3 nitrogen and oxygen atoms in total. The maximum Gasteiger partial charge on any atom is 0.238 e. The fourth-order valence-corrected chi connectivity index (χ4v) is 2.17. The molecule has 0 saturated heterocycles. The molecule has 106 valence electrons. The molecule has 0 aliphatic heterocycles. The number of likely N-dealkylation sites (N-methyl/N-ethyl adjacent to an activating group) is 1. The van der Waals surface area contributed by atoms with Crippen LogP contribution in [0.25, 0.3) is 0 Å². The van der Waals surface area contributed by atoms with Crippen molar-refractivity contribution in [3.8, 4) is 0 Å². The number of carbonyl (C=O) groups is 1. The van der Waals surface area contributed by atoms with E-state index in [0.29, 0.717) is 22.3 Å². The molecule has 0 aliphatic rings. The number of anilines is 1. The van der Waals surface area contributed by atoms with E-state index >= 15 is 0 Å². The van der Waals surface area contributed by atoms with Crippen LogP contribution in [-0.4, -0.2) is 30.4 Å². The number of hydrogen-bond acceptors (Lipinski definition) is 2. The van der Waals surface area contributed by atoms with Gasteiger partial charge in [-0.1, -0.05) is 43.5 Å². The van der Waals surface area contributed by atoms with Gasteiger partial charge >= 0.3 is 0 Å². The van der Waals surface area contributed by atoms with E-state index in [2.05, 4.69) is 24.1 Å². The maximum absolute atomic E-state index is 11.9. The van der Waals surface area contributed by atoms with Crippen LogP contribution < -0.4 is 5.32 Å². The largest absolute Gasteiger partial charge is 0.324 e. The third kappa shape index (κ3) is 5.81. The third-order valence-electron chi connectivity index (χ3n) is 2.85. The Bertz CT molecular complexity index is 424. The van der Waals surface area contributed by atoms with Crippen molar-refractivity contribution in [2.45, 2.75) is 26.7 Å². The molecule has 0 radical (unpaired) electrons. The monoisotopic (exact) mass is 302 g/mol. The summed E-state index contributed by atoms with van der Waals surface area (Å²) in [6.45, 7) is 6.38. The zero-order valence-corrected chi connectivity index (χ0v) is 12.9. The maximum atomic E-state index is 11.9. The molecule has 0 bridgehead atoms. The van der Waals surface area contributed by atoms with Gasteiger partial charge in [0.2, 0.25) is 5.91 Å². The van der Waals surface area contributed by atoms with Crippen molar-refractivity contribution in [1.82, 2.24) is 4.90 Å². The minimum atomic E-state index is -0.0535. The average molecular weight is 303 g/mol. The van der Waals surface area contributed by atoms with E-state index in [1.54, 1.807) is 18.2 Å². The van der Waals surface area contributed by atoms with Crippen molar-refractivity contribution in [1.29, 1.82) is 0 Å². The number of nitrogens with zero attached hydrogens (tertiary/aromatic N) is 1. The Morgan fingerprint density at radius 3 is 2.63 bits per heavy atom. The van der Waals surface area contributed by atoms with Crippen molar-refractivity contribution in [2.24, 2.45) is 0 Å². The summed E-state index contributed by atoms with van der Waals surface area (Å²) in [7, 11) is 0. The minimum absolute atomic E-state index is 0.0535. The number of carbonyl (C=O) groups excluding carboxylic acids is 1. The second-order valence-electron chi connectivity index (χ2n) is 4.39. The van der Waals surface area contributed by atoms with Crippen molar-refractivity contribution in [2.75, 3.05) is 25.0 Å². The Hall–Kier alpha value is -0.770. The summed E-state index contributed by atoms with van der Waals surface area (Å²) >= 11 is 11.8. The molecule has 0 unspecified atom stereocenters. The number of benzene rings is 1. The Morgan fingerprint density at radius 1 is 1.32 bits per heavy atom. The van der Waals surface area contributed by atoms with Crippen LogP contribution in [0.15, 0.2) is 18.2 Å². The minimum Gasteiger partial charge on any atom is -0.324 e. The normalized spacial score (nSPS) is 10.8. The van der Waals surface area contributed by atoms with Crippen LogP contribution in [0.2, 0.25) is 10.0 Å². The molecule has 1 aromatic rings. The fraction of sp³-hybridized carbons (Fsp3) is 0.500. The second kappa shape index (κ2) is 8.41. The first kappa shape index (κ1) is 16.3. The number of amides is 1. The molecule has 0 aromatic heterocycles. The topological polar surface area (TPSA) is 32.3 Å². The first-order chi connectivity index (χ1) is 9.06. The molecule has 1 rings (SSSR count). The van der Waals surface area contributed by atoms with Gasteiger partial charge in [-0.2, -0.15) is 0 Å². The van der Waals surface area contributed by atoms with E-state index < -0.39 is 0 Å². The second-order valence-corrected chi connectivity index (χ2v) is 5.24. The lowest BCUT2D eigenvalue weighted by Crippen LogP contribution is -2.33. The number of nitrogens with one attached hydrogen (secondary N) is 1. The summed E-state index contributed by atoms with van der Waals surface area (Å²) in [5.74, 6) is -0.0535. The molecule has 1 amide bonds. The Labute approximate surface area is 124 Å². The van der Waals surface area contributed by atoms with Crippen LogP contribution in [0.4, 0.5) is 5.69 Å². The van der Waals surface area contributed by atoms with Gasteiger partial charge in [0.15, 0.2) is 0 Å². The van der Waals surface area contributed by atoms with E-state index in [1.165, 1.54) is 0 Å². The highest BCUT2D eigenvalue weighted by molar-refractivity contribution is 6.36. The number of rotatable bonds is 7. The zero-order valence-electron chi connectivity index (χ0n) is 11.4. The molecule has 0 fully saturated rings. The highest BCUT2D eigenvalue weighted by Crippen LogP contribution is 2.25. The van der Waals surface area contributed by atoms with Gasteiger partial charge in [-0.25, -0.2) is 0 Å². The lowest BCUT2D eigenvalue weighted by Gasteiger charge is -2.19. The summed E-state index contributed by atoms with van der Waals surface area (Å²) < 4.78 is 0. The predicted octanol–water partition coefficient (Wildman–Crippen LogP) is 4.05.